The first-order valence-corrected chi connectivity index (χ1v) is 6.68. The van der Waals surface area contributed by atoms with Gasteiger partial charge in [0.1, 0.15) is 11.6 Å². The van der Waals surface area contributed by atoms with Crippen LogP contribution in [0.5, 0.6) is 0 Å². The second kappa shape index (κ2) is 5.21. The molecule has 6 heteroatoms. The van der Waals surface area contributed by atoms with Crippen LogP contribution >= 0.6 is 12.2 Å². The molecule has 21 heavy (non-hydrogen) atoms. The van der Waals surface area contributed by atoms with Gasteiger partial charge in [-0.05, 0) is 42.9 Å². The number of nitrogens with zero attached hydrogens (tertiary/aromatic N) is 2. The molecule has 0 amide bonds. The Labute approximate surface area is 124 Å². The zero-order valence-corrected chi connectivity index (χ0v) is 11.9. The largest absolute Gasteiger partial charge is 0.268 e. The highest BCUT2D eigenvalue weighted by Gasteiger charge is 2.20. The summed E-state index contributed by atoms with van der Waals surface area (Å²) in [7, 11) is 0. The molecule has 0 fully saturated rings. The quantitative estimate of drug-likeness (QED) is 0.720. The summed E-state index contributed by atoms with van der Waals surface area (Å²) in [6, 6.07) is 11.7. The Hall–Kier alpha value is -2.34. The average molecular weight is 303 g/mol. The van der Waals surface area contributed by atoms with E-state index in [0.29, 0.717) is 11.3 Å². The highest BCUT2D eigenvalue weighted by Crippen LogP contribution is 2.28. The van der Waals surface area contributed by atoms with Gasteiger partial charge in [-0.25, -0.2) is 8.78 Å². The number of benzene rings is 2. The van der Waals surface area contributed by atoms with Gasteiger partial charge < -0.3 is 0 Å². The van der Waals surface area contributed by atoms with Gasteiger partial charge in [0.2, 0.25) is 0 Å². The van der Waals surface area contributed by atoms with Crippen LogP contribution in [0.2, 0.25) is 0 Å². The summed E-state index contributed by atoms with van der Waals surface area (Å²) in [6.07, 6.45) is 0. The van der Waals surface area contributed by atoms with E-state index in [4.69, 9.17) is 12.2 Å². The molecule has 0 aliphatic heterocycles. The van der Waals surface area contributed by atoms with Gasteiger partial charge in [0.15, 0.2) is 10.6 Å². The molecule has 0 atom stereocenters. The first-order valence-electron chi connectivity index (χ1n) is 6.27. The van der Waals surface area contributed by atoms with Gasteiger partial charge >= 0.3 is 0 Å². The van der Waals surface area contributed by atoms with Gasteiger partial charge in [-0.3, -0.25) is 9.67 Å². The Balaban J connectivity index is 2.32. The van der Waals surface area contributed by atoms with Gasteiger partial charge in [0, 0.05) is 5.69 Å². The molecule has 0 bridgehead atoms. The van der Waals surface area contributed by atoms with Gasteiger partial charge in [-0.2, -0.15) is 5.10 Å². The molecule has 0 aliphatic rings. The first-order chi connectivity index (χ1) is 10.1. The smallest absolute Gasteiger partial charge is 0.200 e. The van der Waals surface area contributed by atoms with Crippen LogP contribution < -0.4 is 0 Å². The molecule has 3 aromatic rings. The summed E-state index contributed by atoms with van der Waals surface area (Å²) in [4.78, 5) is 0. The number of halogens is 2. The van der Waals surface area contributed by atoms with E-state index in [9.17, 15) is 8.78 Å². The minimum absolute atomic E-state index is 0.116. The molecule has 2 aromatic carbocycles. The maximum absolute atomic E-state index is 14.3. The van der Waals surface area contributed by atoms with Crippen molar-refractivity contribution >= 4 is 12.2 Å². The number of aromatic amines is 1. The predicted molar refractivity (Wildman–Crippen MR) is 78.8 cm³/mol. The molecule has 0 saturated carbocycles. The fourth-order valence-corrected chi connectivity index (χ4v) is 2.38. The zero-order valence-electron chi connectivity index (χ0n) is 11.1. The lowest BCUT2D eigenvalue weighted by Gasteiger charge is -2.09. The average Bonchev–Trinajstić information content (AvgIpc) is 2.86. The molecule has 3 rings (SSSR count). The summed E-state index contributed by atoms with van der Waals surface area (Å²) in [5.74, 6) is -1.20. The van der Waals surface area contributed by atoms with Crippen molar-refractivity contribution in [2.24, 2.45) is 0 Å². The van der Waals surface area contributed by atoms with Crippen molar-refractivity contribution in [1.82, 2.24) is 14.8 Å². The molecule has 0 aliphatic carbocycles. The molecule has 1 N–H and O–H groups in total. The summed E-state index contributed by atoms with van der Waals surface area (Å²) < 4.78 is 30.2. The maximum Gasteiger partial charge on any atom is 0.200 e. The van der Waals surface area contributed by atoms with E-state index in [1.165, 1.54) is 16.7 Å². The Bertz CT molecular complexity index is 853. The molecule has 0 unspecified atom stereocenters. The van der Waals surface area contributed by atoms with E-state index < -0.39 is 11.6 Å². The topological polar surface area (TPSA) is 33.6 Å². The third-order valence-corrected chi connectivity index (χ3v) is 3.47. The fourth-order valence-electron chi connectivity index (χ4n) is 2.14. The molecule has 3 nitrogen and oxygen atoms in total. The molecule has 0 saturated heterocycles. The van der Waals surface area contributed by atoms with Crippen molar-refractivity contribution in [3.05, 3.63) is 64.4 Å². The summed E-state index contributed by atoms with van der Waals surface area (Å²) in [5, 5.41) is 6.58. The SMILES string of the molecule is Cc1ccc(F)c(-c2n[nH]c(=S)n2-c2ccccc2)c1F. The minimum atomic E-state index is -0.677. The number of hydrogen-bond donors (Lipinski definition) is 1. The fraction of sp³-hybridized carbons (Fsp3) is 0.0667. The van der Waals surface area contributed by atoms with Gasteiger partial charge in [-0.1, -0.05) is 24.3 Å². The lowest BCUT2D eigenvalue weighted by Crippen LogP contribution is -2.02. The van der Waals surface area contributed by atoms with Crippen LogP contribution in [-0.2, 0) is 0 Å². The second-order valence-electron chi connectivity index (χ2n) is 4.58. The van der Waals surface area contributed by atoms with Gasteiger partial charge in [0.25, 0.3) is 0 Å². The van der Waals surface area contributed by atoms with Crippen molar-refractivity contribution in [2.45, 2.75) is 6.92 Å². The van der Waals surface area contributed by atoms with E-state index in [1.807, 2.05) is 18.2 Å². The van der Waals surface area contributed by atoms with Crippen LogP contribution in [0.3, 0.4) is 0 Å². The molecule has 1 aromatic heterocycles. The third-order valence-electron chi connectivity index (χ3n) is 3.19. The van der Waals surface area contributed by atoms with Crippen LogP contribution in [0.15, 0.2) is 42.5 Å². The molecular formula is C15H11F2N3S. The van der Waals surface area contributed by atoms with Crippen LogP contribution in [-0.4, -0.2) is 14.8 Å². The Kier molecular flexibility index (Phi) is 3.39. The number of rotatable bonds is 2. The Morgan fingerprint density at radius 1 is 1.10 bits per heavy atom. The summed E-state index contributed by atoms with van der Waals surface area (Å²) in [5.41, 5.74) is 0.845. The first kappa shape index (κ1) is 13.6. The lowest BCUT2D eigenvalue weighted by molar-refractivity contribution is 0.581. The van der Waals surface area contributed by atoms with Crippen LogP contribution in [0.25, 0.3) is 17.1 Å². The number of H-pyrrole nitrogens is 1. The Morgan fingerprint density at radius 3 is 2.52 bits per heavy atom. The monoisotopic (exact) mass is 303 g/mol. The number of nitrogens with one attached hydrogen (secondary N) is 1. The van der Waals surface area contributed by atoms with Crippen molar-refractivity contribution in [1.29, 1.82) is 0 Å². The van der Waals surface area contributed by atoms with E-state index in [0.717, 1.165) is 0 Å². The van der Waals surface area contributed by atoms with Gasteiger partial charge in [-0.15, -0.1) is 0 Å². The molecule has 106 valence electrons. The highest BCUT2D eigenvalue weighted by atomic mass is 32.1. The van der Waals surface area contributed by atoms with Crippen LogP contribution in [0.1, 0.15) is 5.56 Å². The summed E-state index contributed by atoms with van der Waals surface area (Å²) >= 11 is 5.17. The highest BCUT2D eigenvalue weighted by molar-refractivity contribution is 7.71. The predicted octanol–water partition coefficient (Wildman–Crippen LogP) is 4.18. The Morgan fingerprint density at radius 2 is 1.81 bits per heavy atom. The van der Waals surface area contributed by atoms with E-state index in [-0.39, 0.29) is 16.2 Å². The van der Waals surface area contributed by atoms with Gasteiger partial charge in [0.05, 0.1) is 5.56 Å². The van der Waals surface area contributed by atoms with E-state index in [2.05, 4.69) is 10.2 Å². The normalized spacial score (nSPS) is 10.8. The number of para-hydroxylation sites is 1. The van der Waals surface area contributed by atoms with Crippen molar-refractivity contribution < 1.29 is 8.78 Å². The van der Waals surface area contributed by atoms with Crippen LogP contribution in [0, 0.1) is 23.3 Å². The zero-order chi connectivity index (χ0) is 15.0. The lowest BCUT2D eigenvalue weighted by atomic mass is 10.1. The van der Waals surface area contributed by atoms with E-state index >= 15 is 0 Å². The van der Waals surface area contributed by atoms with Crippen LogP contribution in [0.4, 0.5) is 8.78 Å². The minimum Gasteiger partial charge on any atom is -0.268 e. The van der Waals surface area contributed by atoms with Crippen molar-refractivity contribution in [3.8, 4) is 17.1 Å². The number of aromatic nitrogens is 3. The molecular weight excluding hydrogens is 292 g/mol. The van der Waals surface area contributed by atoms with Crippen molar-refractivity contribution in [2.75, 3.05) is 0 Å². The van der Waals surface area contributed by atoms with E-state index in [1.54, 1.807) is 19.1 Å². The summed E-state index contributed by atoms with van der Waals surface area (Å²) in [6.45, 7) is 1.58. The maximum atomic E-state index is 14.3. The standard InChI is InChI=1S/C15H11F2N3S/c1-9-7-8-11(16)12(13(9)17)14-18-19-15(21)20(14)10-5-3-2-4-6-10/h2-8H,1H3,(H,19,21). The molecule has 0 spiro atoms. The number of hydrogen-bond acceptors (Lipinski definition) is 2. The number of aryl methyl sites for hydroxylation is 1. The van der Waals surface area contributed by atoms with Crippen molar-refractivity contribution in [3.63, 3.8) is 0 Å². The third kappa shape index (κ3) is 2.27. The molecule has 0 radical (unpaired) electrons. The molecule has 1 heterocycles. The second-order valence-corrected chi connectivity index (χ2v) is 4.96.